The summed E-state index contributed by atoms with van der Waals surface area (Å²) in [6.07, 6.45) is -4.75. The molecule has 108 valence electrons. The molecule has 0 spiro atoms. The minimum Gasteiger partial charge on any atom is -0.481 e. The van der Waals surface area contributed by atoms with Crippen molar-refractivity contribution in [1.82, 2.24) is 4.90 Å². The first-order valence-corrected chi connectivity index (χ1v) is 6.37. The smallest absolute Gasteiger partial charge is 0.396 e. The molecule has 2 fully saturated rings. The Kier molecular flexibility index (Phi) is 2.67. The van der Waals surface area contributed by atoms with Crippen molar-refractivity contribution in [3.8, 4) is 0 Å². The lowest BCUT2D eigenvalue weighted by Crippen LogP contribution is -2.34. The van der Waals surface area contributed by atoms with Gasteiger partial charge in [0.05, 0.1) is 10.8 Å². The number of carboxylic acids is 1. The van der Waals surface area contributed by atoms with E-state index < -0.39 is 23.0 Å². The minimum absolute atomic E-state index is 0.0310. The number of carbonyl (C=O) groups is 1. The maximum Gasteiger partial charge on any atom is 0.396 e. The van der Waals surface area contributed by atoms with Gasteiger partial charge in [0.2, 0.25) is 0 Å². The summed E-state index contributed by atoms with van der Waals surface area (Å²) >= 11 is 0. The molecule has 1 N–H and O–H groups in total. The molecule has 1 saturated carbocycles. The quantitative estimate of drug-likeness (QED) is 0.927. The van der Waals surface area contributed by atoms with E-state index in [0.29, 0.717) is 6.54 Å². The van der Waals surface area contributed by atoms with Gasteiger partial charge < -0.3 is 5.11 Å². The topological polar surface area (TPSA) is 40.5 Å². The zero-order valence-corrected chi connectivity index (χ0v) is 10.7. The highest BCUT2D eigenvalue weighted by Gasteiger charge is 2.86. The Morgan fingerprint density at radius 1 is 1.25 bits per heavy atom. The van der Waals surface area contributed by atoms with Gasteiger partial charge in [-0.1, -0.05) is 30.3 Å². The predicted molar refractivity (Wildman–Crippen MR) is 64.9 cm³/mol. The fourth-order valence-corrected chi connectivity index (χ4v) is 3.47. The van der Waals surface area contributed by atoms with Gasteiger partial charge in [-0.15, -0.1) is 0 Å². The first kappa shape index (κ1) is 13.4. The molecule has 6 heteroatoms. The highest BCUT2D eigenvalue weighted by Crippen LogP contribution is 2.74. The first-order chi connectivity index (χ1) is 9.31. The third-order valence-corrected chi connectivity index (χ3v) is 4.58. The van der Waals surface area contributed by atoms with Gasteiger partial charge in [-0.05, 0) is 12.0 Å². The van der Waals surface area contributed by atoms with Crippen LogP contribution in [-0.4, -0.2) is 35.2 Å². The number of likely N-dealkylation sites (tertiary alicyclic amines) is 1. The summed E-state index contributed by atoms with van der Waals surface area (Å²) in [6, 6.07) is 9.13. The van der Waals surface area contributed by atoms with Gasteiger partial charge in [0.25, 0.3) is 0 Å². The lowest BCUT2D eigenvalue weighted by atomic mass is 9.96. The summed E-state index contributed by atoms with van der Waals surface area (Å²) in [5.74, 6) is -1.33. The third-order valence-electron chi connectivity index (χ3n) is 4.58. The molecule has 3 rings (SSSR count). The maximum absolute atomic E-state index is 13.2. The monoisotopic (exact) mass is 285 g/mol. The molecule has 2 atom stereocenters. The Morgan fingerprint density at radius 3 is 2.40 bits per heavy atom. The standard InChI is InChI=1S/C14H14F3NO2/c15-14(16,17)13-7-12(13,11(19)20)8-18(9-13)6-10-4-2-1-3-5-10/h1-5H,6-9H2,(H,19,20)/t12-,13-/m1/s1. The maximum atomic E-state index is 13.2. The number of alkyl halides is 3. The Balaban J connectivity index is 1.82. The molecule has 0 aromatic heterocycles. The molecule has 2 aliphatic rings. The lowest BCUT2D eigenvalue weighted by molar-refractivity contribution is -0.196. The van der Waals surface area contributed by atoms with Gasteiger partial charge >= 0.3 is 12.1 Å². The van der Waals surface area contributed by atoms with Gasteiger partial charge in [0, 0.05) is 19.6 Å². The second-order valence-corrected chi connectivity index (χ2v) is 5.77. The van der Waals surface area contributed by atoms with E-state index in [9.17, 15) is 23.1 Å². The number of halogens is 3. The number of hydrogen-bond acceptors (Lipinski definition) is 2. The Hall–Kier alpha value is -1.56. The van der Waals surface area contributed by atoms with Crippen molar-refractivity contribution in [1.29, 1.82) is 0 Å². The highest BCUT2D eigenvalue weighted by molar-refractivity contribution is 5.81. The first-order valence-electron chi connectivity index (χ1n) is 6.37. The number of hydrogen-bond donors (Lipinski definition) is 1. The van der Waals surface area contributed by atoms with Crippen molar-refractivity contribution < 1.29 is 23.1 Å². The highest BCUT2D eigenvalue weighted by atomic mass is 19.4. The summed E-state index contributed by atoms with van der Waals surface area (Å²) in [6.45, 7) is 0.0993. The molecule has 0 amide bonds. The van der Waals surface area contributed by atoms with Crippen LogP contribution in [0.4, 0.5) is 13.2 Å². The lowest BCUT2D eigenvalue weighted by Gasteiger charge is -2.22. The van der Waals surface area contributed by atoms with Crippen molar-refractivity contribution in [3.63, 3.8) is 0 Å². The van der Waals surface area contributed by atoms with Crippen LogP contribution in [0, 0.1) is 10.8 Å². The van der Waals surface area contributed by atoms with E-state index in [0.717, 1.165) is 5.56 Å². The van der Waals surface area contributed by atoms with Crippen molar-refractivity contribution in [3.05, 3.63) is 35.9 Å². The number of nitrogens with zero attached hydrogens (tertiary/aromatic N) is 1. The number of aliphatic carboxylic acids is 1. The van der Waals surface area contributed by atoms with E-state index >= 15 is 0 Å². The third kappa shape index (κ3) is 1.67. The van der Waals surface area contributed by atoms with Gasteiger partial charge in [0.15, 0.2) is 0 Å². The fourth-order valence-electron chi connectivity index (χ4n) is 3.47. The van der Waals surface area contributed by atoms with Crippen LogP contribution >= 0.6 is 0 Å². The number of carboxylic acid groups (broad SMARTS) is 1. The molecular weight excluding hydrogens is 271 g/mol. The van der Waals surface area contributed by atoms with E-state index in [2.05, 4.69) is 0 Å². The van der Waals surface area contributed by atoms with Crippen molar-refractivity contribution in [2.75, 3.05) is 13.1 Å². The van der Waals surface area contributed by atoms with E-state index in [-0.39, 0.29) is 19.5 Å². The molecule has 0 unspecified atom stereocenters. The van der Waals surface area contributed by atoms with Crippen LogP contribution in [0.1, 0.15) is 12.0 Å². The molecule has 0 bridgehead atoms. The number of benzene rings is 1. The Bertz CT molecular complexity index is 545. The average molecular weight is 285 g/mol. The zero-order valence-electron chi connectivity index (χ0n) is 10.7. The number of fused-ring (bicyclic) bond motifs is 1. The molecule has 0 radical (unpaired) electrons. The molecular formula is C14H14F3NO2. The van der Waals surface area contributed by atoms with Gasteiger partial charge in [-0.3, -0.25) is 9.69 Å². The zero-order chi connectivity index (χ0) is 14.6. The molecule has 1 aliphatic carbocycles. The molecule has 1 saturated heterocycles. The van der Waals surface area contributed by atoms with Crippen molar-refractivity contribution >= 4 is 5.97 Å². The molecule has 20 heavy (non-hydrogen) atoms. The minimum atomic E-state index is -4.46. The predicted octanol–water partition coefficient (Wildman–Crippen LogP) is 2.53. The second-order valence-electron chi connectivity index (χ2n) is 5.77. The van der Waals surface area contributed by atoms with Crippen LogP contribution in [0.3, 0.4) is 0 Å². The van der Waals surface area contributed by atoms with Crippen LogP contribution in [0.5, 0.6) is 0 Å². The summed E-state index contributed by atoms with van der Waals surface area (Å²) < 4.78 is 39.6. The van der Waals surface area contributed by atoms with E-state index in [1.54, 1.807) is 4.90 Å². The van der Waals surface area contributed by atoms with Gasteiger partial charge in [-0.2, -0.15) is 13.2 Å². The molecule has 1 aromatic rings. The summed E-state index contributed by atoms with van der Waals surface area (Å²) in [7, 11) is 0. The van der Waals surface area contributed by atoms with Crippen LogP contribution in [0.15, 0.2) is 30.3 Å². The van der Waals surface area contributed by atoms with Crippen molar-refractivity contribution in [2.24, 2.45) is 10.8 Å². The van der Waals surface area contributed by atoms with Crippen LogP contribution in [0.25, 0.3) is 0 Å². The number of rotatable bonds is 3. The van der Waals surface area contributed by atoms with Crippen LogP contribution in [0.2, 0.25) is 0 Å². The Labute approximate surface area is 114 Å². The largest absolute Gasteiger partial charge is 0.481 e. The summed E-state index contributed by atoms with van der Waals surface area (Å²) in [4.78, 5) is 12.9. The summed E-state index contributed by atoms with van der Waals surface area (Å²) in [5.41, 5.74) is -2.80. The van der Waals surface area contributed by atoms with Crippen LogP contribution in [-0.2, 0) is 11.3 Å². The second kappa shape index (κ2) is 3.97. The van der Waals surface area contributed by atoms with Gasteiger partial charge in [0.1, 0.15) is 0 Å². The van der Waals surface area contributed by atoms with E-state index in [1.165, 1.54) is 0 Å². The molecule has 1 aliphatic heterocycles. The normalized spacial score (nSPS) is 33.0. The summed E-state index contributed by atoms with van der Waals surface area (Å²) in [5, 5.41) is 9.20. The molecule has 1 aromatic carbocycles. The SMILES string of the molecule is O=C(O)[C@@]12CN(Cc3ccccc3)C[C@]1(C(F)(F)F)C2. The van der Waals surface area contributed by atoms with E-state index in [4.69, 9.17) is 0 Å². The van der Waals surface area contributed by atoms with E-state index in [1.807, 2.05) is 30.3 Å². The van der Waals surface area contributed by atoms with Crippen LogP contribution < -0.4 is 0 Å². The Morgan fingerprint density at radius 2 is 1.90 bits per heavy atom. The molecule has 1 heterocycles. The van der Waals surface area contributed by atoms with Gasteiger partial charge in [-0.25, -0.2) is 0 Å². The average Bonchev–Trinajstić information content (AvgIpc) is 2.91. The number of piperidine rings is 1. The fraction of sp³-hybridized carbons (Fsp3) is 0.500. The van der Waals surface area contributed by atoms with Crippen molar-refractivity contribution in [2.45, 2.75) is 19.1 Å². The molecule has 3 nitrogen and oxygen atoms in total.